The van der Waals surface area contributed by atoms with E-state index in [1.165, 1.54) is 18.4 Å². The quantitative estimate of drug-likeness (QED) is 0.238. The third-order valence-electron chi connectivity index (χ3n) is 7.68. The van der Waals surface area contributed by atoms with Crippen molar-refractivity contribution in [3.8, 4) is 11.3 Å². The molecule has 4 aromatic rings. The third kappa shape index (κ3) is 4.02. The number of carbonyl (C=O) groups excluding carboxylic acids is 1. The van der Waals surface area contributed by atoms with Gasteiger partial charge in [-0.05, 0) is 37.1 Å². The zero-order valence-electron chi connectivity index (χ0n) is 19.9. The van der Waals surface area contributed by atoms with Crippen LogP contribution in [0.4, 0.5) is 5.69 Å². The molecule has 10 heteroatoms. The average molecular weight is 556 g/mol. The van der Waals surface area contributed by atoms with Gasteiger partial charge in [-0.25, -0.2) is 9.78 Å². The van der Waals surface area contributed by atoms with Crippen LogP contribution >= 0.6 is 34.5 Å². The summed E-state index contributed by atoms with van der Waals surface area (Å²) in [6.45, 7) is 2.13. The second-order valence-electron chi connectivity index (χ2n) is 9.94. The van der Waals surface area contributed by atoms with E-state index in [2.05, 4.69) is 15.0 Å². The van der Waals surface area contributed by atoms with E-state index in [9.17, 15) is 4.79 Å². The standard InChI is InChI=1S/C27H23Cl2N3O4S/c1-34-27(33)14-7-20(24-21(8-14)37-12-30-24)32-9-15-16(10-32)26(15)35-11-17-23(31-36-25(17)13-5-6-13)22-18(28)3-2-4-19(22)29/h2-4,7-8,12-13,15-16,26H,5-6,9-11H2,1H3. The number of hydrogen-bond donors (Lipinski definition) is 0. The average Bonchev–Trinajstić information content (AvgIpc) is 3.64. The van der Waals surface area contributed by atoms with Crippen molar-refractivity contribution < 1.29 is 18.8 Å². The number of rotatable bonds is 7. The van der Waals surface area contributed by atoms with Gasteiger partial charge in [0.05, 0.1) is 51.3 Å². The molecule has 7 rings (SSSR count). The first-order chi connectivity index (χ1) is 18.0. The summed E-state index contributed by atoms with van der Waals surface area (Å²) in [4.78, 5) is 19.1. The maximum atomic E-state index is 12.2. The summed E-state index contributed by atoms with van der Waals surface area (Å²) in [7, 11) is 1.40. The van der Waals surface area contributed by atoms with Crippen LogP contribution in [-0.2, 0) is 16.1 Å². The summed E-state index contributed by atoms with van der Waals surface area (Å²) >= 11 is 14.5. The van der Waals surface area contributed by atoms with Gasteiger partial charge >= 0.3 is 5.97 Å². The molecule has 2 aromatic carbocycles. The van der Waals surface area contributed by atoms with E-state index >= 15 is 0 Å². The Morgan fingerprint density at radius 1 is 1.19 bits per heavy atom. The highest BCUT2D eigenvalue weighted by Crippen LogP contribution is 2.51. The number of halogens is 2. The van der Waals surface area contributed by atoms with Crippen molar-refractivity contribution in [1.29, 1.82) is 0 Å². The van der Waals surface area contributed by atoms with Gasteiger partial charge in [-0.2, -0.15) is 0 Å². The fraction of sp³-hybridized carbons (Fsp3) is 0.370. The molecule has 2 aromatic heterocycles. The van der Waals surface area contributed by atoms with E-state index in [1.54, 1.807) is 0 Å². The Hall–Kier alpha value is -2.65. The number of thiazole rings is 1. The molecule has 0 bridgehead atoms. The van der Waals surface area contributed by atoms with Gasteiger partial charge in [0.15, 0.2) is 0 Å². The van der Waals surface area contributed by atoms with Gasteiger partial charge in [0.1, 0.15) is 17.0 Å². The fourth-order valence-corrected chi connectivity index (χ4v) is 6.88. The lowest BCUT2D eigenvalue weighted by molar-refractivity contribution is 0.0601. The van der Waals surface area contributed by atoms with Gasteiger partial charge in [0, 0.05) is 42.0 Å². The van der Waals surface area contributed by atoms with Crippen molar-refractivity contribution >= 4 is 56.4 Å². The molecule has 1 saturated heterocycles. The first kappa shape index (κ1) is 23.5. The Labute approximate surface area is 227 Å². The molecule has 0 radical (unpaired) electrons. The topological polar surface area (TPSA) is 77.7 Å². The summed E-state index contributed by atoms with van der Waals surface area (Å²) in [5, 5.41) is 5.46. The van der Waals surface area contributed by atoms with Crippen LogP contribution in [0.25, 0.3) is 21.5 Å². The number of piperidine rings is 1. The summed E-state index contributed by atoms with van der Waals surface area (Å²) < 4.78 is 18.2. The predicted molar refractivity (Wildman–Crippen MR) is 143 cm³/mol. The third-order valence-corrected chi connectivity index (χ3v) is 9.09. The molecule has 190 valence electrons. The Bertz CT molecular complexity index is 1500. The number of fused-ring (bicyclic) bond motifs is 2. The van der Waals surface area contributed by atoms with Gasteiger partial charge in [-0.3, -0.25) is 0 Å². The van der Waals surface area contributed by atoms with Gasteiger partial charge in [0.2, 0.25) is 0 Å². The molecule has 1 aliphatic heterocycles. The minimum Gasteiger partial charge on any atom is -0.465 e. The molecule has 3 aliphatic rings. The Balaban J connectivity index is 1.09. The monoisotopic (exact) mass is 555 g/mol. The van der Waals surface area contributed by atoms with Gasteiger partial charge in [0.25, 0.3) is 0 Å². The highest BCUT2D eigenvalue weighted by Gasteiger charge is 2.57. The highest BCUT2D eigenvalue weighted by molar-refractivity contribution is 7.16. The lowest BCUT2D eigenvalue weighted by Crippen LogP contribution is -2.26. The van der Waals surface area contributed by atoms with Crippen molar-refractivity contribution in [2.45, 2.75) is 31.5 Å². The summed E-state index contributed by atoms with van der Waals surface area (Å²) in [6, 6.07) is 9.20. The smallest absolute Gasteiger partial charge is 0.337 e. The summed E-state index contributed by atoms with van der Waals surface area (Å²) in [5.41, 5.74) is 6.60. The first-order valence-electron chi connectivity index (χ1n) is 12.3. The Morgan fingerprint density at radius 2 is 1.95 bits per heavy atom. The molecule has 2 unspecified atom stereocenters. The number of nitrogens with zero attached hydrogens (tertiary/aromatic N) is 3. The molecule has 2 atom stereocenters. The van der Waals surface area contributed by atoms with E-state index in [0.29, 0.717) is 51.2 Å². The lowest BCUT2D eigenvalue weighted by Gasteiger charge is -2.23. The summed E-state index contributed by atoms with van der Waals surface area (Å²) in [5.74, 6) is 1.79. The second-order valence-corrected chi connectivity index (χ2v) is 11.6. The normalized spacial score (nSPS) is 22.5. The number of methoxy groups -OCH3 is 1. The van der Waals surface area contributed by atoms with E-state index < -0.39 is 0 Å². The van der Waals surface area contributed by atoms with Gasteiger partial charge in [-0.15, -0.1) is 11.3 Å². The molecule has 3 heterocycles. The van der Waals surface area contributed by atoms with E-state index in [1.807, 2.05) is 35.8 Å². The predicted octanol–water partition coefficient (Wildman–Crippen LogP) is 6.57. The SMILES string of the molecule is COC(=O)c1cc(N2CC3C(C2)C3OCc2c(-c3c(Cl)cccc3Cl)noc2C2CC2)c2ncsc2c1. The molecule has 0 N–H and O–H groups in total. The molecule has 37 heavy (non-hydrogen) atoms. The number of ether oxygens (including phenoxy) is 2. The number of aromatic nitrogens is 2. The van der Waals surface area contributed by atoms with Crippen LogP contribution < -0.4 is 4.90 Å². The van der Waals surface area contributed by atoms with E-state index in [-0.39, 0.29) is 12.1 Å². The van der Waals surface area contributed by atoms with Crippen molar-refractivity contribution in [2.24, 2.45) is 11.8 Å². The minimum atomic E-state index is -0.336. The van der Waals surface area contributed by atoms with Crippen LogP contribution in [0.15, 0.2) is 40.4 Å². The molecular weight excluding hydrogens is 533 g/mol. The first-order valence-corrected chi connectivity index (χ1v) is 13.9. The molecule has 2 aliphatic carbocycles. The van der Waals surface area contributed by atoms with Crippen LogP contribution in [-0.4, -0.2) is 42.4 Å². The van der Waals surface area contributed by atoms with Crippen molar-refractivity contribution in [1.82, 2.24) is 10.1 Å². The molecule has 2 saturated carbocycles. The Kier molecular flexibility index (Phi) is 5.69. The maximum absolute atomic E-state index is 12.2. The van der Waals surface area contributed by atoms with Crippen molar-refractivity contribution in [3.63, 3.8) is 0 Å². The minimum absolute atomic E-state index is 0.169. The van der Waals surface area contributed by atoms with Gasteiger partial charge < -0.3 is 18.9 Å². The maximum Gasteiger partial charge on any atom is 0.337 e. The van der Waals surface area contributed by atoms with Crippen LogP contribution in [0.5, 0.6) is 0 Å². The van der Waals surface area contributed by atoms with Crippen molar-refractivity contribution in [3.05, 3.63) is 62.8 Å². The number of benzene rings is 2. The second kappa shape index (κ2) is 8.98. The zero-order valence-corrected chi connectivity index (χ0v) is 22.3. The van der Waals surface area contributed by atoms with E-state index in [4.69, 9.17) is 37.2 Å². The molecule has 3 fully saturated rings. The number of hydrogen-bond acceptors (Lipinski definition) is 8. The Morgan fingerprint density at radius 3 is 2.65 bits per heavy atom. The highest BCUT2D eigenvalue weighted by atomic mass is 35.5. The van der Waals surface area contributed by atoms with Crippen LogP contribution in [0.1, 0.15) is 40.4 Å². The fourth-order valence-electron chi connectivity index (χ4n) is 5.57. The van der Waals surface area contributed by atoms with Crippen molar-refractivity contribution in [2.75, 3.05) is 25.1 Å². The number of esters is 1. The van der Waals surface area contributed by atoms with Crippen LogP contribution in [0.2, 0.25) is 10.0 Å². The number of anilines is 1. The van der Waals surface area contributed by atoms with Crippen LogP contribution in [0, 0.1) is 11.8 Å². The van der Waals surface area contributed by atoms with E-state index in [0.717, 1.165) is 53.2 Å². The molecule has 7 nitrogen and oxygen atoms in total. The lowest BCUT2D eigenvalue weighted by atomic mass is 10.0. The molecular formula is C27H23Cl2N3O4S. The number of carbonyl (C=O) groups is 1. The zero-order chi connectivity index (χ0) is 25.3. The summed E-state index contributed by atoms with van der Waals surface area (Å²) in [6.07, 6.45) is 2.36. The molecule has 0 amide bonds. The van der Waals surface area contributed by atoms with Crippen LogP contribution in [0.3, 0.4) is 0 Å². The largest absolute Gasteiger partial charge is 0.465 e. The van der Waals surface area contributed by atoms with Gasteiger partial charge in [-0.1, -0.05) is 34.4 Å². The molecule has 0 spiro atoms.